The number of aromatic nitrogens is 2. The third-order valence-corrected chi connectivity index (χ3v) is 3.45. The van der Waals surface area contributed by atoms with Crippen LogP contribution in [0.3, 0.4) is 0 Å². The van der Waals surface area contributed by atoms with Crippen LogP contribution < -0.4 is 0 Å². The number of rotatable bonds is 6. The number of benzene rings is 1. The van der Waals surface area contributed by atoms with E-state index in [-0.39, 0.29) is 6.61 Å². The van der Waals surface area contributed by atoms with Crippen LogP contribution in [0.25, 0.3) is 0 Å². The predicted octanol–water partition coefficient (Wildman–Crippen LogP) is 2.94. The molecule has 0 aliphatic rings. The molecule has 0 saturated carbocycles. The first-order valence-electron chi connectivity index (χ1n) is 5.58. The van der Waals surface area contributed by atoms with Gasteiger partial charge in [-0.25, -0.2) is 0 Å². The Bertz CT molecular complexity index is 504. The van der Waals surface area contributed by atoms with Crippen LogP contribution in [0.15, 0.2) is 33.7 Å². The zero-order valence-electron chi connectivity index (χ0n) is 9.67. The van der Waals surface area contributed by atoms with Crippen LogP contribution in [0.5, 0.6) is 0 Å². The Morgan fingerprint density at radius 1 is 1.39 bits per heavy atom. The SMILES string of the molecule is OCCCc1nc(CSc2cccc(Cl)c2)no1. The minimum absolute atomic E-state index is 0.134. The van der Waals surface area contributed by atoms with Gasteiger partial charge >= 0.3 is 0 Å². The first kappa shape index (κ1) is 13.4. The van der Waals surface area contributed by atoms with Gasteiger partial charge in [-0.3, -0.25) is 0 Å². The summed E-state index contributed by atoms with van der Waals surface area (Å²) in [5.41, 5.74) is 0. The third-order valence-electron chi connectivity index (χ3n) is 2.22. The van der Waals surface area contributed by atoms with Crippen molar-refractivity contribution in [2.45, 2.75) is 23.5 Å². The molecule has 0 spiro atoms. The quantitative estimate of drug-likeness (QED) is 0.827. The Kier molecular flexibility index (Phi) is 5.04. The molecule has 2 rings (SSSR count). The fourth-order valence-corrected chi connectivity index (χ4v) is 2.44. The number of aryl methyl sites for hydroxylation is 1. The van der Waals surface area contributed by atoms with Crippen molar-refractivity contribution in [1.29, 1.82) is 0 Å². The highest BCUT2D eigenvalue weighted by Gasteiger charge is 2.06. The van der Waals surface area contributed by atoms with E-state index in [1.54, 1.807) is 11.8 Å². The largest absolute Gasteiger partial charge is 0.396 e. The third kappa shape index (κ3) is 4.01. The van der Waals surface area contributed by atoms with Crippen molar-refractivity contribution in [1.82, 2.24) is 10.1 Å². The van der Waals surface area contributed by atoms with Gasteiger partial charge in [0.2, 0.25) is 5.89 Å². The zero-order chi connectivity index (χ0) is 12.8. The fourth-order valence-electron chi connectivity index (χ4n) is 1.39. The van der Waals surface area contributed by atoms with Crippen LogP contribution in [0.1, 0.15) is 18.1 Å². The highest BCUT2D eigenvalue weighted by atomic mass is 35.5. The first-order valence-corrected chi connectivity index (χ1v) is 6.95. The second-order valence-electron chi connectivity index (χ2n) is 3.68. The van der Waals surface area contributed by atoms with Gasteiger partial charge in [0.25, 0.3) is 0 Å². The van der Waals surface area contributed by atoms with E-state index in [9.17, 15) is 0 Å². The van der Waals surface area contributed by atoms with Crippen molar-refractivity contribution < 1.29 is 9.63 Å². The molecule has 0 radical (unpaired) electrons. The molecule has 1 N–H and O–H groups in total. The lowest BCUT2D eigenvalue weighted by atomic mass is 10.3. The summed E-state index contributed by atoms with van der Waals surface area (Å²) in [5.74, 6) is 1.88. The topological polar surface area (TPSA) is 59.2 Å². The van der Waals surface area contributed by atoms with Crippen LogP contribution in [0.2, 0.25) is 5.02 Å². The second kappa shape index (κ2) is 6.78. The summed E-state index contributed by atoms with van der Waals surface area (Å²) in [6.45, 7) is 0.134. The van der Waals surface area contributed by atoms with Gasteiger partial charge in [0.05, 0.1) is 5.75 Å². The summed E-state index contributed by atoms with van der Waals surface area (Å²) in [5, 5.41) is 13.3. The van der Waals surface area contributed by atoms with Gasteiger partial charge in [-0.05, 0) is 24.6 Å². The lowest BCUT2D eigenvalue weighted by Gasteiger charge is -1.98. The van der Waals surface area contributed by atoms with E-state index in [0.717, 1.165) is 9.92 Å². The second-order valence-corrected chi connectivity index (χ2v) is 5.16. The number of nitrogens with zero attached hydrogens (tertiary/aromatic N) is 2. The van der Waals surface area contributed by atoms with E-state index in [2.05, 4.69) is 10.1 Å². The van der Waals surface area contributed by atoms with E-state index < -0.39 is 0 Å². The van der Waals surface area contributed by atoms with Gasteiger partial charge in [0, 0.05) is 22.9 Å². The summed E-state index contributed by atoms with van der Waals surface area (Å²) in [7, 11) is 0. The number of halogens is 1. The van der Waals surface area contributed by atoms with Crippen molar-refractivity contribution >= 4 is 23.4 Å². The van der Waals surface area contributed by atoms with E-state index in [1.807, 2.05) is 24.3 Å². The van der Waals surface area contributed by atoms with E-state index in [1.165, 1.54) is 0 Å². The van der Waals surface area contributed by atoms with Gasteiger partial charge in [0.15, 0.2) is 5.82 Å². The van der Waals surface area contributed by atoms with Crippen LogP contribution in [-0.4, -0.2) is 21.9 Å². The molecule has 18 heavy (non-hydrogen) atoms. The molecule has 1 aromatic carbocycles. The number of hydrogen-bond acceptors (Lipinski definition) is 5. The van der Waals surface area contributed by atoms with Crippen molar-refractivity contribution in [3.63, 3.8) is 0 Å². The highest BCUT2D eigenvalue weighted by Crippen LogP contribution is 2.24. The van der Waals surface area contributed by atoms with Gasteiger partial charge < -0.3 is 9.63 Å². The maximum atomic E-state index is 8.71. The number of aliphatic hydroxyl groups is 1. The zero-order valence-corrected chi connectivity index (χ0v) is 11.2. The van der Waals surface area contributed by atoms with E-state index in [4.69, 9.17) is 21.2 Å². The normalized spacial score (nSPS) is 10.8. The molecule has 2 aromatic rings. The summed E-state index contributed by atoms with van der Waals surface area (Å²) in [4.78, 5) is 5.32. The highest BCUT2D eigenvalue weighted by molar-refractivity contribution is 7.98. The Morgan fingerprint density at radius 3 is 3.06 bits per heavy atom. The molecule has 0 saturated heterocycles. The molecular formula is C12H13ClN2O2S. The summed E-state index contributed by atoms with van der Waals surface area (Å²) >= 11 is 7.51. The smallest absolute Gasteiger partial charge is 0.226 e. The lowest BCUT2D eigenvalue weighted by Crippen LogP contribution is -1.90. The maximum Gasteiger partial charge on any atom is 0.226 e. The van der Waals surface area contributed by atoms with Crippen LogP contribution in [-0.2, 0) is 12.2 Å². The Labute approximate surface area is 114 Å². The lowest BCUT2D eigenvalue weighted by molar-refractivity contribution is 0.278. The van der Waals surface area contributed by atoms with Crippen molar-refractivity contribution in [2.24, 2.45) is 0 Å². The van der Waals surface area contributed by atoms with Gasteiger partial charge in [-0.2, -0.15) is 4.98 Å². The van der Waals surface area contributed by atoms with Crippen molar-refractivity contribution in [3.8, 4) is 0 Å². The fraction of sp³-hybridized carbons (Fsp3) is 0.333. The number of thioether (sulfide) groups is 1. The average Bonchev–Trinajstić information content (AvgIpc) is 2.82. The molecule has 0 aliphatic heterocycles. The molecule has 0 aliphatic carbocycles. The molecule has 0 fully saturated rings. The van der Waals surface area contributed by atoms with Gasteiger partial charge in [-0.1, -0.05) is 22.8 Å². The molecule has 1 heterocycles. The van der Waals surface area contributed by atoms with Crippen molar-refractivity contribution in [3.05, 3.63) is 41.0 Å². The van der Waals surface area contributed by atoms with E-state index >= 15 is 0 Å². The molecular weight excluding hydrogens is 272 g/mol. The Hall–Kier alpha value is -1.04. The van der Waals surface area contributed by atoms with Crippen LogP contribution in [0.4, 0.5) is 0 Å². The number of hydrogen-bond donors (Lipinski definition) is 1. The molecule has 0 unspecified atom stereocenters. The maximum absolute atomic E-state index is 8.71. The predicted molar refractivity (Wildman–Crippen MR) is 70.7 cm³/mol. The summed E-state index contributed by atoms with van der Waals surface area (Å²) < 4.78 is 5.07. The van der Waals surface area contributed by atoms with Crippen molar-refractivity contribution in [2.75, 3.05) is 6.61 Å². The minimum Gasteiger partial charge on any atom is -0.396 e. The number of aliphatic hydroxyl groups excluding tert-OH is 1. The minimum atomic E-state index is 0.134. The summed E-state index contributed by atoms with van der Waals surface area (Å²) in [6.07, 6.45) is 1.26. The molecule has 1 aromatic heterocycles. The Morgan fingerprint density at radius 2 is 2.28 bits per heavy atom. The van der Waals surface area contributed by atoms with Gasteiger partial charge in [-0.15, -0.1) is 11.8 Å². The molecule has 6 heteroatoms. The first-order chi connectivity index (χ1) is 8.78. The van der Waals surface area contributed by atoms with E-state index in [0.29, 0.717) is 30.3 Å². The molecule has 4 nitrogen and oxygen atoms in total. The summed E-state index contributed by atoms with van der Waals surface area (Å²) in [6, 6.07) is 7.64. The Balaban J connectivity index is 1.88. The average molecular weight is 285 g/mol. The standard InChI is InChI=1S/C12H13ClN2O2S/c13-9-3-1-4-10(7-9)18-8-11-14-12(17-15-11)5-2-6-16/h1,3-4,7,16H,2,5-6,8H2. The molecule has 96 valence electrons. The molecule has 0 bridgehead atoms. The van der Waals surface area contributed by atoms with Crippen LogP contribution in [0, 0.1) is 0 Å². The van der Waals surface area contributed by atoms with Crippen LogP contribution >= 0.6 is 23.4 Å². The molecule has 0 atom stereocenters. The monoisotopic (exact) mass is 284 g/mol. The molecule has 0 amide bonds. The van der Waals surface area contributed by atoms with Gasteiger partial charge in [0.1, 0.15) is 0 Å².